The van der Waals surface area contributed by atoms with Crippen molar-refractivity contribution in [3.05, 3.63) is 101 Å². The fourth-order valence-corrected chi connectivity index (χ4v) is 5.82. The van der Waals surface area contributed by atoms with Crippen LogP contribution >= 0.6 is 11.6 Å². The standard InChI is InChI=1S/C31H34ClN3O2/c32-27-12-14-28(15-13-27)33-21-23-35(24-22-33)30(37)31(26-9-5-2-6-10-26)17-19-34(20-18-31)29(36)16-11-25-7-3-1-4-8-25/h1-10,12-15H,11,16-24H2. The van der Waals surface area contributed by atoms with Gasteiger partial charge in [0.1, 0.15) is 0 Å². The highest BCUT2D eigenvalue weighted by molar-refractivity contribution is 6.30. The Kier molecular flexibility index (Phi) is 7.80. The quantitative estimate of drug-likeness (QED) is 0.454. The van der Waals surface area contributed by atoms with E-state index in [1.165, 1.54) is 5.56 Å². The second-order valence-corrected chi connectivity index (χ2v) is 10.5. The predicted molar refractivity (Wildman–Crippen MR) is 149 cm³/mol. The molecule has 0 N–H and O–H groups in total. The van der Waals surface area contributed by atoms with Gasteiger partial charge in [-0.05, 0) is 54.7 Å². The Morgan fingerprint density at radius 2 is 1.30 bits per heavy atom. The molecular weight excluding hydrogens is 482 g/mol. The second-order valence-electron chi connectivity index (χ2n) is 10.1. The monoisotopic (exact) mass is 515 g/mol. The summed E-state index contributed by atoms with van der Waals surface area (Å²) in [5, 5.41) is 0.729. The number of piperazine rings is 1. The van der Waals surface area contributed by atoms with Gasteiger partial charge in [0.15, 0.2) is 0 Å². The van der Waals surface area contributed by atoms with E-state index in [-0.39, 0.29) is 11.8 Å². The molecule has 6 heteroatoms. The lowest BCUT2D eigenvalue weighted by Gasteiger charge is -2.45. The minimum absolute atomic E-state index is 0.176. The van der Waals surface area contributed by atoms with Gasteiger partial charge in [-0.2, -0.15) is 0 Å². The first-order chi connectivity index (χ1) is 18.0. The Labute approximate surface area is 224 Å². The first-order valence-corrected chi connectivity index (χ1v) is 13.6. The number of anilines is 1. The highest BCUT2D eigenvalue weighted by Gasteiger charge is 2.46. The molecule has 2 aliphatic rings. The van der Waals surface area contributed by atoms with E-state index in [9.17, 15) is 9.59 Å². The maximum atomic E-state index is 14.1. The number of aryl methyl sites for hydroxylation is 1. The number of carbonyl (C=O) groups excluding carboxylic acids is 2. The van der Waals surface area contributed by atoms with E-state index in [4.69, 9.17) is 11.6 Å². The molecule has 37 heavy (non-hydrogen) atoms. The van der Waals surface area contributed by atoms with Gasteiger partial charge in [-0.15, -0.1) is 0 Å². The van der Waals surface area contributed by atoms with E-state index in [2.05, 4.69) is 29.2 Å². The molecule has 3 aromatic carbocycles. The zero-order valence-corrected chi connectivity index (χ0v) is 21.9. The van der Waals surface area contributed by atoms with Crippen molar-refractivity contribution in [2.45, 2.75) is 31.1 Å². The van der Waals surface area contributed by atoms with Crippen LogP contribution in [-0.4, -0.2) is 60.9 Å². The molecule has 0 bridgehead atoms. The summed E-state index contributed by atoms with van der Waals surface area (Å²) in [7, 11) is 0. The molecule has 2 amide bonds. The number of piperidine rings is 1. The van der Waals surface area contributed by atoms with Gasteiger partial charge in [-0.1, -0.05) is 72.3 Å². The first kappa shape index (κ1) is 25.3. The molecule has 0 unspecified atom stereocenters. The van der Waals surface area contributed by atoms with Crippen molar-refractivity contribution in [3.63, 3.8) is 0 Å². The zero-order valence-electron chi connectivity index (χ0n) is 21.2. The van der Waals surface area contributed by atoms with Gasteiger partial charge in [0.05, 0.1) is 5.41 Å². The first-order valence-electron chi connectivity index (χ1n) is 13.2. The molecule has 0 aromatic heterocycles. The molecule has 192 valence electrons. The summed E-state index contributed by atoms with van der Waals surface area (Å²) in [5.74, 6) is 0.375. The third-order valence-corrected chi connectivity index (χ3v) is 8.19. The summed E-state index contributed by atoms with van der Waals surface area (Å²) >= 11 is 6.05. The van der Waals surface area contributed by atoms with Gasteiger partial charge in [0.2, 0.25) is 11.8 Å². The summed E-state index contributed by atoms with van der Waals surface area (Å²) < 4.78 is 0. The van der Waals surface area contributed by atoms with Crippen LogP contribution in [0, 0.1) is 0 Å². The summed E-state index contributed by atoms with van der Waals surface area (Å²) in [5.41, 5.74) is 2.80. The van der Waals surface area contributed by atoms with Gasteiger partial charge < -0.3 is 14.7 Å². The van der Waals surface area contributed by atoms with Crippen molar-refractivity contribution < 1.29 is 9.59 Å². The summed E-state index contributed by atoms with van der Waals surface area (Å²) in [4.78, 5) is 33.4. The van der Waals surface area contributed by atoms with E-state index < -0.39 is 5.41 Å². The number of benzene rings is 3. The Morgan fingerprint density at radius 1 is 0.703 bits per heavy atom. The number of hydrogen-bond donors (Lipinski definition) is 0. The maximum absolute atomic E-state index is 14.1. The minimum atomic E-state index is -0.583. The number of hydrogen-bond acceptors (Lipinski definition) is 3. The fraction of sp³-hybridized carbons (Fsp3) is 0.355. The van der Waals surface area contributed by atoms with Gasteiger partial charge in [-0.3, -0.25) is 9.59 Å². The number of amides is 2. The van der Waals surface area contributed by atoms with Crippen molar-refractivity contribution in [1.82, 2.24) is 9.80 Å². The van der Waals surface area contributed by atoms with Crippen LogP contribution in [0.3, 0.4) is 0 Å². The van der Waals surface area contributed by atoms with Crippen LogP contribution in [0.2, 0.25) is 5.02 Å². The molecule has 2 aliphatic heterocycles. The van der Waals surface area contributed by atoms with Crippen LogP contribution in [0.15, 0.2) is 84.9 Å². The molecule has 2 fully saturated rings. The molecule has 0 radical (unpaired) electrons. The molecule has 5 rings (SSSR count). The van der Waals surface area contributed by atoms with Gasteiger partial charge in [0, 0.05) is 56.4 Å². The lowest BCUT2D eigenvalue weighted by atomic mass is 9.71. The van der Waals surface area contributed by atoms with Gasteiger partial charge in [-0.25, -0.2) is 0 Å². The number of likely N-dealkylation sites (tertiary alicyclic amines) is 1. The van der Waals surface area contributed by atoms with Crippen molar-refractivity contribution in [3.8, 4) is 0 Å². The van der Waals surface area contributed by atoms with E-state index in [1.807, 2.05) is 70.5 Å². The van der Waals surface area contributed by atoms with Crippen LogP contribution in [0.4, 0.5) is 5.69 Å². The smallest absolute Gasteiger partial charge is 0.233 e. The van der Waals surface area contributed by atoms with Crippen LogP contribution in [0.25, 0.3) is 0 Å². The summed E-state index contributed by atoms with van der Waals surface area (Å²) in [6.45, 7) is 4.19. The molecule has 2 saturated heterocycles. The maximum Gasteiger partial charge on any atom is 0.233 e. The average Bonchev–Trinajstić information content (AvgIpc) is 2.97. The molecule has 0 aliphatic carbocycles. The van der Waals surface area contributed by atoms with Crippen LogP contribution in [-0.2, 0) is 21.4 Å². The third-order valence-electron chi connectivity index (χ3n) is 7.93. The van der Waals surface area contributed by atoms with E-state index in [0.717, 1.165) is 35.8 Å². The number of halogens is 1. The Morgan fingerprint density at radius 3 is 1.92 bits per heavy atom. The molecule has 5 nitrogen and oxygen atoms in total. The van der Waals surface area contributed by atoms with E-state index in [0.29, 0.717) is 45.4 Å². The van der Waals surface area contributed by atoms with Crippen molar-refractivity contribution in [2.24, 2.45) is 0 Å². The summed E-state index contributed by atoms with van der Waals surface area (Å²) in [6, 6.07) is 28.2. The minimum Gasteiger partial charge on any atom is -0.368 e. The van der Waals surface area contributed by atoms with Crippen LogP contribution < -0.4 is 4.90 Å². The van der Waals surface area contributed by atoms with Crippen molar-refractivity contribution in [2.75, 3.05) is 44.2 Å². The third kappa shape index (κ3) is 5.67. The van der Waals surface area contributed by atoms with Crippen LogP contribution in [0.5, 0.6) is 0 Å². The summed E-state index contributed by atoms with van der Waals surface area (Å²) in [6.07, 6.45) is 2.56. The fourth-order valence-electron chi connectivity index (χ4n) is 5.70. The highest BCUT2D eigenvalue weighted by atomic mass is 35.5. The highest BCUT2D eigenvalue weighted by Crippen LogP contribution is 2.38. The van der Waals surface area contributed by atoms with E-state index >= 15 is 0 Å². The Bertz CT molecular complexity index is 1180. The van der Waals surface area contributed by atoms with E-state index in [1.54, 1.807) is 0 Å². The second kappa shape index (κ2) is 11.4. The largest absolute Gasteiger partial charge is 0.368 e. The SMILES string of the molecule is O=C(CCc1ccccc1)N1CCC(C(=O)N2CCN(c3ccc(Cl)cc3)CC2)(c2ccccc2)CC1. The Hall–Kier alpha value is -3.31. The molecule has 0 atom stereocenters. The molecule has 2 heterocycles. The molecule has 0 saturated carbocycles. The van der Waals surface area contributed by atoms with Crippen LogP contribution in [0.1, 0.15) is 30.4 Å². The lowest BCUT2D eigenvalue weighted by molar-refractivity contribution is -0.143. The van der Waals surface area contributed by atoms with Crippen molar-refractivity contribution in [1.29, 1.82) is 0 Å². The average molecular weight is 516 g/mol. The lowest BCUT2D eigenvalue weighted by Crippen LogP contribution is -2.58. The number of rotatable bonds is 6. The molecule has 0 spiro atoms. The predicted octanol–water partition coefficient (Wildman–Crippen LogP) is 5.18. The Balaban J connectivity index is 1.25. The molecular formula is C31H34ClN3O2. The normalized spacial score (nSPS) is 17.5. The topological polar surface area (TPSA) is 43.9 Å². The van der Waals surface area contributed by atoms with Gasteiger partial charge >= 0.3 is 0 Å². The van der Waals surface area contributed by atoms with Crippen molar-refractivity contribution >= 4 is 29.1 Å². The molecule has 3 aromatic rings. The number of carbonyl (C=O) groups is 2. The zero-order chi connectivity index (χ0) is 25.7. The van der Waals surface area contributed by atoms with Gasteiger partial charge in [0.25, 0.3) is 0 Å². The number of nitrogens with zero attached hydrogens (tertiary/aromatic N) is 3.